The number of aromatic nitrogens is 1. The van der Waals surface area contributed by atoms with E-state index in [1.54, 1.807) is 6.20 Å². The van der Waals surface area contributed by atoms with Gasteiger partial charge in [0.2, 0.25) is 0 Å². The zero-order valence-electron chi connectivity index (χ0n) is 8.92. The molecule has 0 aliphatic heterocycles. The van der Waals surface area contributed by atoms with Gasteiger partial charge in [-0.3, -0.25) is 0 Å². The van der Waals surface area contributed by atoms with Gasteiger partial charge in [0.1, 0.15) is 5.82 Å². The molecule has 0 bridgehead atoms. The molecule has 0 saturated heterocycles. The molecule has 1 aliphatic carbocycles. The molecule has 1 aliphatic rings. The van der Waals surface area contributed by atoms with Crippen molar-refractivity contribution in [1.82, 2.24) is 4.98 Å². The zero-order chi connectivity index (χ0) is 11.4. The van der Waals surface area contributed by atoms with Crippen LogP contribution in [0.1, 0.15) is 19.3 Å². The van der Waals surface area contributed by atoms with Crippen LogP contribution in [0, 0.1) is 5.92 Å². The molecular formula is C12H14BrClN2. The van der Waals surface area contributed by atoms with Crippen LogP contribution in [-0.4, -0.2) is 11.5 Å². The molecule has 0 fully saturated rings. The summed E-state index contributed by atoms with van der Waals surface area (Å²) in [6.45, 7) is 0.970. The van der Waals surface area contributed by atoms with Crippen molar-refractivity contribution < 1.29 is 0 Å². The molecule has 1 unspecified atom stereocenters. The van der Waals surface area contributed by atoms with Crippen molar-refractivity contribution in [2.24, 2.45) is 5.92 Å². The molecule has 4 heteroatoms. The Labute approximate surface area is 109 Å². The lowest BCUT2D eigenvalue weighted by molar-refractivity contribution is 0.503. The standard InChI is InChI=1S/C12H14BrClN2/c13-11-6-10(14)8-16-12(11)15-7-9-4-2-1-3-5-9/h1-2,6,8-9H,3-5,7H2,(H,15,16). The Bertz CT molecular complexity index is 393. The van der Waals surface area contributed by atoms with Crippen LogP contribution in [0.2, 0.25) is 5.02 Å². The third-order valence-electron chi connectivity index (χ3n) is 2.74. The third kappa shape index (κ3) is 3.22. The van der Waals surface area contributed by atoms with Crippen molar-refractivity contribution in [3.63, 3.8) is 0 Å². The van der Waals surface area contributed by atoms with E-state index >= 15 is 0 Å². The Morgan fingerprint density at radius 1 is 1.50 bits per heavy atom. The van der Waals surface area contributed by atoms with Gasteiger partial charge < -0.3 is 5.32 Å². The highest BCUT2D eigenvalue weighted by Crippen LogP contribution is 2.24. The van der Waals surface area contributed by atoms with Crippen LogP contribution < -0.4 is 5.32 Å². The van der Waals surface area contributed by atoms with Gasteiger partial charge in [-0.15, -0.1) is 0 Å². The summed E-state index contributed by atoms with van der Waals surface area (Å²) in [6.07, 6.45) is 9.80. The van der Waals surface area contributed by atoms with Crippen LogP contribution in [-0.2, 0) is 0 Å². The van der Waals surface area contributed by atoms with E-state index in [9.17, 15) is 0 Å². The monoisotopic (exact) mass is 300 g/mol. The quantitative estimate of drug-likeness (QED) is 0.844. The summed E-state index contributed by atoms with van der Waals surface area (Å²) in [5.74, 6) is 1.59. The predicted molar refractivity (Wildman–Crippen MR) is 71.9 cm³/mol. The minimum absolute atomic E-state index is 0.651. The molecule has 1 aromatic rings. The van der Waals surface area contributed by atoms with Crippen molar-refractivity contribution in [2.75, 3.05) is 11.9 Å². The first kappa shape index (κ1) is 11.9. The lowest BCUT2D eigenvalue weighted by atomic mass is 9.94. The molecule has 2 rings (SSSR count). The van der Waals surface area contributed by atoms with Crippen molar-refractivity contribution in [3.05, 3.63) is 33.9 Å². The van der Waals surface area contributed by atoms with Crippen LogP contribution >= 0.6 is 27.5 Å². The van der Waals surface area contributed by atoms with E-state index < -0.39 is 0 Å². The van der Waals surface area contributed by atoms with E-state index in [0.29, 0.717) is 5.02 Å². The van der Waals surface area contributed by atoms with Gasteiger partial charge in [0.05, 0.1) is 9.50 Å². The molecule has 0 amide bonds. The summed E-state index contributed by atoms with van der Waals surface area (Å²) in [6, 6.07) is 1.86. The van der Waals surface area contributed by atoms with Crippen molar-refractivity contribution in [1.29, 1.82) is 0 Å². The summed E-state index contributed by atoms with van der Waals surface area (Å²) in [5.41, 5.74) is 0. The highest BCUT2D eigenvalue weighted by atomic mass is 79.9. The predicted octanol–water partition coefficient (Wildman–Crippen LogP) is 4.27. The first-order chi connectivity index (χ1) is 7.75. The second-order valence-electron chi connectivity index (χ2n) is 4.02. The average molecular weight is 302 g/mol. The van der Waals surface area contributed by atoms with E-state index in [-0.39, 0.29) is 0 Å². The van der Waals surface area contributed by atoms with Gasteiger partial charge in [-0.05, 0) is 47.2 Å². The highest BCUT2D eigenvalue weighted by Gasteiger charge is 2.10. The van der Waals surface area contributed by atoms with E-state index in [4.69, 9.17) is 11.6 Å². The Hall–Kier alpha value is -0.540. The van der Waals surface area contributed by atoms with Gasteiger partial charge in [-0.2, -0.15) is 0 Å². The molecule has 1 atom stereocenters. The topological polar surface area (TPSA) is 24.9 Å². The van der Waals surface area contributed by atoms with Gasteiger partial charge >= 0.3 is 0 Å². The normalized spacial score (nSPS) is 19.8. The second kappa shape index (κ2) is 5.69. The van der Waals surface area contributed by atoms with Crippen molar-refractivity contribution in [2.45, 2.75) is 19.3 Å². The average Bonchev–Trinajstić information content (AvgIpc) is 2.29. The van der Waals surface area contributed by atoms with Gasteiger partial charge in [0.15, 0.2) is 0 Å². The smallest absolute Gasteiger partial charge is 0.140 e. The second-order valence-corrected chi connectivity index (χ2v) is 5.31. The summed E-state index contributed by atoms with van der Waals surface area (Å²) >= 11 is 9.29. The first-order valence-electron chi connectivity index (χ1n) is 5.45. The summed E-state index contributed by atoms with van der Waals surface area (Å²) in [7, 11) is 0. The third-order valence-corrected chi connectivity index (χ3v) is 3.55. The van der Waals surface area contributed by atoms with Crippen molar-refractivity contribution >= 4 is 33.3 Å². The molecule has 1 N–H and O–H groups in total. The Balaban J connectivity index is 1.91. The Morgan fingerprint density at radius 3 is 3.06 bits per heavy atom. The van der Waals surface area contributed by atoms with Gasteiger partial charge in [-0.25, -0.2) is 4.98 Å². The zero-order valence-corrected chi connectivity index (χ0v) is 11.3. The first-order valence-corrected chi connectivity index (χ1v) is 6.62. The minimum atomic E-state index is 0.651. The van der Waals surface area contributed by atoms with E-state index in [1.165, 1.54) is 12.8 Å². The number of pyridine rings is 1. The lowest BCUT2D eigenvalue weighted by Gasteiger charge is -2.18. The largest absolute Gasteiger partial charge is 0.369 e. The maximum absolute atomic E-state index is 5.84. The maximum Gasteiger partial charge on any atom is 0.140 e. The van der Waals surface area contributed by atoms with Crippen LogP contribution in [0.5, 0.6) is 0 Å². The van der Waals surface area contributed by atoms with E-state index in [1.807, 2.05) is 6.07 Å². The van der Waals surface area contributed by atoms with E-state index in [2.05, 4.69) is 38.4 Å². The van der Waals surface area contributed by atoms with Gasteiger partial charge in [-0.1, -0.05) is 23.8 Å². The fourth-order valence-electron chi connectivity index (χ4n) is 1.83. The van der Waals surface area contributed by atoms with Gasteiger partial charge in [0.25, 0.3) is 0 Å². The Morgan fingerprint density at radius 2 is 2.38 bits per heavy atom. The molecule has 0 aromatic carbocycles. The number of nitrogens with one attached hydrogen (secondary N) is 1. The summed E-state index contributed by atoms with van der Waals surface area (Å²) in [5, 5.41) is 4.01. The minimum Gasteiger partial charge on any atom is -0.369 e. The highest BCUT2D eigenvalue weighted by molar-refractivity contribution is 9.10. The number of allylic oxidation sites excluding steroid dienone is 2. The molecule has 0 spiro atoms. The summed E-state index contributed by atoms with van der Waals surface area (Å²) in [4.78, 5) is 4.25. The molecule has 0 radical (unpaired) electrons. The lowest BCUT2D eigenvalue weighted by Crippen LogP contribution is -2.16. The number of hydrogen-bond acceptors (Lipinski definition) is 2. The van der Waals surface area contributed by atoms with Crippen LogP contribution in [0.15, 0.2) is 28.9 Å². The van der Waals surface area contributed by atoms with Crippen LogP contribution in [0.4, 0.5) is 5.82 Å². The number of nitrogens with zero attached hydrogens (tertiary/aromatic N) is 1. The number of anilines is 1. The molecule has 2 nitrogen and oxygen atoms in total. The van der Waals surface area contributed by atoms with Gasteiger partial charge in [0, 0.05) is 12.7 Å². The fourth-order valence-corrected chi connectivity index (χ4v) is 2.61. The Kier molecular flexibility index (Phi) is 4.24. The molecule has 16 heavy (non-hydrogen) atoms. The molecule has 86 valence electrons. The van der Waals surface area contributed by atoms with Crippen molar-refractivity contribution in [3.8, 4) is 0 Å². The fraction of sp³-hybridized carbons (Fsp3) is 0.417. The molecular weight excluding hydrogens is 288 g/mol. The van der Waals surface area contributed by atoms with Crippen LogP contribution in [0.25, 0.3) is 0 Å². The van der Waals surface area contributed by atoms with E-state index in [0.717, 1.165) is 29.2 Å². The number of hydrogen-bond donors (Lipinski definition) is 1. The SMILES string of the molecule is Clc1cnc(NCC2CC=CCC2)c(Br)c1. The number of rotatable bonds is 3. The number of halogens is 2. The summed E-state index contributed by atoms with van der Waals surface area (Å²) < 4.78 is 0.923. The molecule has 0 saturated carbocycles. The molecule has 1 heterocycles. The van der Waals surface area contributed by atoms with Crippen LogP contribution in [0.3, 0.4) is 0 Å². The maximum atomic E-state index is 5.84. The molecule has 1 aromatic heterocycles.